The molecule has 18 heavy (non-hydrogen) atoms. The van der Waals surface area contributed by atoms with Gasteiger partial charge >= 0.3 is 0 Å². The van der Waals surface area contributed by atoms with E-state index >= 15 is 0 Å². The number of carbonyl (C=O) groups is 1. The molecule has 1 aromatic carbocycles. The predicted octanol–water partition coefficient (Wildman–Crippen LogP) is 2.30. The van der Waals surface area contributed by atoms with Crippen molar-refractivity contribution in [2.45, 2.75) is 38.8 Å². The van der Waals surface area contributed by atoms with Crippen LogP contribution in [0.2, 0.25) is 0 Å². The Balaban J connectivity index is 2.56. The lowest BCUT2D eigenvalue weighted by atomic mass is 10.1. The minimum absolute atomic E-state index is 0.200. The minimum atomic E-state index is -0.933. The molecular weight excluding hydrogens is 240 g/mol. The first kappa shape index (κ1) is 14.6. The number of nitrogens with one attached hydrogen (secondary N) is 1. The maximum absolute atomic E-state index is 13.0. The first-order chi connectivity index (χ1) is 8.40. The van der Waals surface area contributed by atoms with Crippen LogP contribution in [0.25, 0.3) is 0 Å². The average molecular weight is 257 g/mol. The zero-order chi connectivity index (χ0) is 13.7. The summed E-state index contributed by atoms with van der Waals surface area (Å²) in [6.45, 7) is 3.29. The standard InChI is InChI=1S/C13H17F2NO2/c1-8(17)3-6-13(18)16-9(2)10-4-5-11(14)12(15)7-10/h4-5,7-9,17H,3,6H2,1-2H3,(H,16,18). The van der Waals surface area contributed by atoms with E-state index in [0.29, 0.717) is 12.0 Å². The summed E-state index contributed by atoms with van der Waals surface area (Å²) in [7, 11) is 0. The molecule has 0 spiro atoms. The van der Waals surface area contributed by atoms with E-state index in [9.17, 15) is 13.6 Å². The molecule has 3 nitrogen and oxygen atoms in total. The summed E-state index contributed by atoms with van der Waals surface area (Å²) in [4.78, 5) is 11.5. The molecular formula is C13H17F2NO2. The maximum Gasteiger partial charge on any atom is 0.220 e. The number of carbonyl (C=O) groups excluding carboxylic acids is 1. The Morgan fingerprint density at radius 2 is 2.00 bits per heavy atom. The predicted molar refractivity (Wildman–Crippen MR) is 63.8 cm³/mol. The molecule has 2 unspecified atom stereocenters. The van der Waals surface area contributed by atoms with E-state index in [-0.39, 0.29) is 12.3 Å². The quantitative estimate of drug-likeness (QED) is 0.850. The lowest BCUT2D eigenvalue weighted by Gasteiger charge is -2.15. The van der Waals surface area contributed by atoms with Crippen LogP contribution in [-0.2, 0) is 4.79 Å². The normalized spacial score (nSPS) is 14.1. The van der Waals surface area contributed by atoms with Crippen molar-refractivity contribution in [1.82, 2.24) is 5.32 Å². The minimum Gasteiger partial charge on any atom is -0.393 e. The van der Waals surface area contributed by atoms with Gasteiger partial charge in [0.15, 0.2) is 11.6 Å². The Labute approximate surface area is 105 Å². The molecule has 2 atom stereocenters. The van der Waals surface area contributed by atoms with Crippen LogP contribution in [-0.4, -0.2) is 17.1 Å². The Kier molecular flexibility index (Phi) is 5.22. The molecule has 0 heterocycles. The number of benzene rings is 1. The fraction of sp³-hybridized carbons (Fsp3) is 0.462. The van der Waals surface area contributed by atoms with Crippen molar-refractivity contribution in [3.05, 3.63) is 35.4 Å². The Bertz CT molecular complexity index is 421. The fourth-order valence-corrected chi connectivity index (χ4v) is 1.52. The van der Waals surface area contributed by atoms with Gasteiger partial charge in [-0.25, -0.2) is 8.78 Å². The van der Waals surface area contributed by atoms with Crippen molar-refractivity contribution in [1.29, 1.82) is 0 Å². The van der Waals surface area contributed by atoms with Crippen LogP contribution in [0.1, 0.15) is 38.3 Å². The lowest BCUT2D eigenvalue weighted by molar-refractivity contribution is -0.122. The summed E-state index contributed by atoms with van der Waals surface area (Å²) >= 11 is 0. The zero-order valence-electron chi connectivity index (χ0n) is 10.4. The van der Waals surface area contributed by atoms with Gasteiger partial charge in [-0.2, -0.15) is 0 Å². The molecule has 0 aliphatic carbocycles. The van der Waals surface area contributed by atoms with Crippen LogP contribution in [0.15, 0.2) is 18.2 Å². The summed E-state index contributed by atoms with van der Waals surface area (Å²) in [5.41, 5.74) is 0.499. The second-order valence-corrected chi connectivity index (χ2v) is 4.35. The van der Waals surface area contributed by atoms with E-state index in [4.69, 9.17) is 5.11 Å². The van der Waals surface area contributed by atoms with Crippen molar-refractivity contribution in [3.8, 4) is 0 Å². The third-order valence-corrected chi connectivity index (χ3v) is 2.61. The van der Waals surface area contributed by atoms with E-state index in [1.54, 1.807) is 13.8 Å². The van der Waals surface area contributed by atoms with Crippen molar-refractivity contribution in [3.63, 3.8) is 0 Å². The summed E-state index contributed by atoms with van der Waals surface area (Å²) in [5, 5.41) is 11.7. The van der Waals surface area contributed by atoms with Crippen molar-refractivity contribution in [2.24, 2.45) is 0 Å². The molecule has 0 aliphatic rings. The molecule has 0 aliphatic heterocycles. The van der Waals surface area contributed by atoms with Gasteiger partial charge in [0.2, 0.25) is 5.91 Å². The van der Waals surface area contributed by atoms with Gasteiger partial charge < -0.3 is 10.4 Å². The number of hydrogen-bond donors (Lipinski definition) is 2. The largest absolute Gasteiger partial charge is 0.393 e. The molecule has 0 aromatic heterocycles. The van der Waals surface area contributed by atoms with Gasteiger partial charge in [0, 0.05) is 6.42 Å². The van der Waals surface area contributed by atoms with Gasteiger partial charge in [0.1, 0.15) is 0 Å². The average Bonchev–Trinajstić information content (AvgIpc) is 2.30. The Morgan fingerprint density at radius 3 is 2.56 bits per heavy atom. The van der Waals surface area contributed by atoms with E-state index < -0.39 is 23.8 Å². The molecule has 0 radical (unpaired) electrons. The number of amides is 1. The van der Waals surface area contributed by atoms with Crippen LogP contribution >= 0.6 is 0 Å². The summed E-state index contributed by atoms with van der Waals surface area (Å²) in [5.74, 6) is -2.07. The molecule has 0 fully saturated rings. The molecule has 1 amide bonds. The van der Waals surface area contributed by atoms with Crippen LogP contribution in [0.5, 0.6) is 0 Å². The van der Waals surface area contributed by atoms with Crippen LogP contribution in [0.4, 0.5) is 8.78 Å². The third-order valence-electron chi connectivity index (χ3n) is 2.61. The molecule has 1 rings (SSSR count). The number of hydrogen-bond acceptors (Lipinski definition) is 2. The molecule has 0 saturated heterocycles. The molecule has 0 bridgehead atoms. The van der Waals surface area contributed by atoms with Crippen LogP contribution in [0, 0.1) is 11.6 Å². The zero-order valence-corrected chi connectivity index (χ0v) is 10.4. The Morgan fingerprint density at radius 1 is 1.33 bits per heavy atom. The molecule has 2 N–H and O–H groups in total. The van der Waals surface area contributed by atoms with Gasteiger partial charge in [0.05, 0.1) is 12.1 Å². The number of aliphatic hydroxyl groups excluding tert-OH is 1. The smallest absolute Gasteiger partial charge is 0.220 e. The van der Waals surface area contributed by atoms with E-state index in [0.717, 1.165) is 12.1 Å². The van der Waals surface area contributed by atoms with Gasteiger partial charge in [-0.1, -0.05) is 6.07 Å². The van der Waals surface area contributed by atoms with Crippen LogP contribution < -0.4 is 5.32 Å². The first-order valence-corrected chi connectivity index (χ1v) is 5.82. The summed E-state index contributed by atoms with van der Waals surface area (Å²) in [6.07, 6.45) is 0.0384. The Hall–Kier alpha value is -1.49. The number of aliphatic hydroxyl groups is 1. The van der Waals surface area contributed by atoms with Gasteiger partial charge in [-0.3, -0.25) is 4.79 Å². The van der Waals surface area contributed by atoms with E-state index in [1.165, 1.54) is 6.07 Å². The molecule has 5 heteroatoms. The van der Waals surface area contributed by atoms with E-state index in [2.05, 4.69) is 5.32 Å². The SMILES string of the molecule is CC(O)CCC(=O)NC(C)c1ccc(F)c(F)c1. The van der Waals surface area contributed by atoms with E-state index in [1.807, 2.05) is 0 Å². The molecule has 100 valence electrons. The van der Waals surface area contributed by atoms with Gasteiger partial charge in [-0.05, 0) is 38.0 Å². The highest BCUT2D eigenvalue weighted by Crippen LogP contribution is 2.16. The maximum atomic E-state index is 13.0. The highest BCUT2D eigenvalue weighted by atomic mass is 19.2. The second kappa shape index (κ2) is 6.44. The number of rotatable bonds is 5. The monoisotopic (exact) mass is 257 g/mol. The number of halogens is 2. The summed E-state index contributed by atoms with van der Waals surface area (Å²) in [6, 6.07) is 3.12. The van der Waals surface area contributed by atoms with Gasteiger partial charge in [0.25, 0.3) is 0 Å². The van der Waals surface area contributed by atoms with Gasteiger partial charge in [-0.15, -0.1) is 0 Å². The van der Waals surface area contributed by atoms with Crippen molar-refractivity contribution < 1.29 is 18.7 Å². The first-order valence-electron chi connectivity index (χ1n) is 5.82. The summed E-state index contributed by atoms with van der Waals surface area (Å²) < 4.78 is 25.8. The second-order valence-electron chi connectivity index (χ2n) is 4.35. The molecule has 0 saturated carbocycles. The van der Waals surface area contributed by atoms with Crippen molar-refractivity contribution >= 4 is 5.91 Å². The van der Waals surface area contributed by atoms with Crippen molar-refractivity contribution in [2.75, 3.05) is 0 Å². The fourth-order valence-electron chi connectivity index (χ4n) is 1.52. The highest BCUT2D eigenvalue weighted by molar-refractivity contribution is 5.76. The van der Waals surface area contributed by atoms with Crippen LogP contribution in [0.3, 0.4) is 0 Å². The molecule has 1 aromatic rings. The highest BCUT2D eigenvalue weighted by Gasteiger charge is 2.12. The lowest BCUT2D eigenvalue weighted by Crippen LogP contribution is -2.27. The topological polar surface area (TPSA) is 49.3 Å². The third kappa shape index (κ3) is 4.41.